The Hall–Kier alpha value is -2.76. The van der Waals surface area contributed by atoms with E-state index in [2.05, 4.69) is 4.98 Å². The van der Waals surface area contributed by atoms with Crippen molar-refractivity contribution in [3.63, 3.8) is 0 Å². The predicted octanol–water partition coefficient (Wildman–Crippen LogP) is 2.36. The largest absolute Gasteiger partial charge is 0.477 e. The third kappa shape index (κ3) is 2.17. The summed E-state index contributed by atoms with van der Waals surface area (Å²) in [5.41, 5.74) is 0.525. The number of hydrogen-bond donors (Lipinski definition) is 1. The lowest BCUT2D eigenvalue weighted by Crippen LogP contribution is -2.02. The average molecular weight is 244 g/mol. The molecular weight excluding hydrogens is 236 g/mol. The highest BCUT2D eigenvalue weighted by Gasteiger charge is 2.20. The SMILES string of the molecule is O=C(O)c1cc(-c2cccnc2)ccc1[N+](=O)[O-]. The number of nitro benzene ring substituents is 1. The summed E-state index contributed by atoms with van der Waals surface area (Å²) in [5, 5.41) is 19.7. The number of rotatable bonds is 3. The molecule has 2 rings (SSSR count). The number of aromatic nitrogens is 1. The van der Waals surface area contributed by atoms with Gasteiger partial charge in [0, 0.05) is 24.0 Å². The van der Waals surface area contributed by atoms with Crippen molar-refractivity contribution in [2.45, 2.75) is 0 Å². The van der Waals surface area contributed by atoms with Crippen molar-refractivity contribution >= 4 is 11.7 Å². The van der Waals surface area contributed by atoms with Crippen LogP contribution in [0.25, 0.3) is 11.1 Å². The number of benzene rings is 1. The summed E-state index contributed by atoms with van der Waals surface area (Å²) >= 11 is 0. The van der Waals surface area contributed by atoms with Gasteiger partial charge < -0.3 is 5.11 Å². The minimum Gasteiger partial charge on any atom is -0.477 e. The van der Waals surface area contributed by atoms with Crippen LogP contribution in [0.2, 0.25) is 0 Å². The van der Waals surface area contributed by atoms with Crippen molar-refractivity contribution in [1.29, 1.82) is 0 Å². The predicted molar refractivity (Wildman–Crippen MR) is 63.3 cm³/mol. The average Bonchev–Trinajstić information content (AvgIpc) is 2.39. The van der Waals surface area contributed by atoms with Crippen LogP contribution in [0.5, 0.6) is 0 Å². The van der Waals surface area contributed by atoms with Gasteiger partial charge in [-0.15, -0.1) is 0 Å². The minimum atomic E-state index is -1.33. The van der Waals surface area contributed by atoms with E-state index in [0.717, 1.165) is 0 Å². The quantitative estimate of drug-likeness (QED) is 0.660. The lowest BCUT2D eigenvalue weighted by atomic mass is 10.0. The number of hydrogen-bond acceptors (Lipinski definition) is 4. The maximum absolute atomic E-state index is 11.0. The molecule has 0 atom stereocenters. The maximum atomic E-state index is 11.0. The summed E-state index contributed by atoms with van der Waals surface area (Å²) in [4.78, 5) is 24.9. The summed E-state index contributed by atoms with van der Waals surface area (Å²) < 4.78 is 0. The van der Waals surface area contributed by atoms with E-state index in [9.17, 15) is 14.9 Å². The molecule has 2 aromatic rings. The molecular formula is C12H8N2O4. The maximum Gasteiger partial charge on any atom is 0.342 e. The van der Waals surface area contributed by atoms with Crippen LogP contribution in [-0.4, -0.2) is 21.0 Å². The Kier molecular flexibility index (Phi) is 3.01. The van der Waals surface area contributed by atoms with E-state index in [1.54, 1.807) is 24.5 Å². The van der Waals surface area contributed by atoms with Crippen molar-refractivity contribution in [2.24, 2.45) is 0 Å². The van der Waals surface area contributed by atoms with Crippen LogP contribution in [0.4, 0.5) is 5.69 Å². The van der Waals surface area contributed by atoms with Crippen LogP contribution in [0.1, 0.15) is 10.4 Å². The van der Waals surface area contributed by atoms with Gasteiger partial charge in [0.2, 0.25) is 0 Å². The van der Waals surface area contributed by atoms with E-state index in [1.807, 2.05) is 0 Å². The van der Waals surface area contributed by atoms with Gasteiger partial charge in [-0.05, 0) is 23.8 Å². The van der Waals surface area contributed by atoms with Gasteiger partial charge in [0.1, 0.15) is 5.56 Å². The summed E-state index contributed by atoms with van der Waals surface area (Å²) in [5.74, 6) is -1.33. The van der Waals surface area contributed by atoms with E-state index in [1.165, 1.54) is 18.2 Å². The fraction of sp³-hybridized carbons (Fsp3) is 0. The van der Waals surface area contributed by atoms with Crippen molar-refractivity contribution < 1.29 is 14.8 Å². The van der Waals surface area contributed by atoms with E-state index in [-0.39, 0.29) is 5.56 Å². The van der Waals surface area contributed by atoms with Crippen LogP contribution in [-0.2, 0) is 0 Å². The van der Waals surface area contributed by atoms with Gasteiger partial charge in [-0.25, -0.2) is 4.79 Å². The van der Waals surface area contributed by atoms with Gasteiger partial charge in [0.15, 0.2) is 0 Å². The third-order valence-corrected chi connectivity index (χ3v) is 2.42. The fourth-order valence-corrected chi connectivity index (χ4v) is 1.58. The highest BCUT2D eigenvalue weighted by molar-refractivity contribution is 5.94. The van der Waals surface area contributed by atoms with Gasteiger partial charge in [-0.2, -0.15) is 0 Å². The van der Waals surface area contributed by atoms with E-state index in [4.69, 9.17) is 5.11 Å². The molecule has 6 heteroatoms. The molecule has 0 unspecified atom stereocenters. The number of carboxylic acid groups (broad SMARTS) is 1. The van der Waals surface area contributed by atoms with Crippen molar-refractivity contribution in [2.75, 3.05) is 0 Å². The molecule has 0 amide bonds. The summed E-state index contributed by atoms with van der Waals surface area (Å²) in [7, 11) is 0. The zero-order valence-electron chi connectivity index (χ0n) is 9.11. The number of carboxylic acids is 1. The van der Waals surface area contributed by atoms with Gasteiger partial charge >= 0.3 is 5.97 Å². The first-order valence-electron chi connectivity index (χ1n) is 5.01. The van der Waals surface area contributed by atoms with Gasteiger partial charge in [-0.1, -0.05) is 6.07 Å². The highest BCUT2D eigenvalue weighted by atomic mass is 16.6. The number of nitrogens with zero attached hydrogens (tertiary/aromatic N) is 2. The highest BCUT2D eigenvalue weighted by Crippen LogP contribution is 2.26. The second kappa shape index (κ2) is 4.62. The van der Waals surface area contributed by atoms with Crippen LogP contribution < -0.4 is 0 Å². The van der Waals surface area contributed by atoms with Crippen molar-refractivity contribution in [3.8, 4) is 11.1 Å². The first-order valence-corrected chi connectivity index (χ1v) is 5.01. The molecule has 0 saturated carbocycles. The van der Waals surface area contributed by atoms with Gasteiger partial charge in [0.05, 0.1) is 4.92 Å². The molecule has 18 heavy (non-hydrogen) atoms. The molecule has 0 aliphatic heterocycles. The number of carbonyl (C=O) groups is 1. The molecule has 1 heterocycles. The molecule has 6 nitrogen and oxygen atoms in total. The van der Waals surface area contributed by atoms with Crippen molar-refractivity contribution in [3.05, 3.63) is 58.4 Å². The first kappa shape index (κ1) is 11.7. The monoisotopic (exact) mass is 244 g/mol. The Morgan fingerprint density at radius 2 is 2.06 bits per heavy atom. The molecule has 0 aliphatic carbocycles. The molecule has 0 saturated heterocycles. The second-order valence-corrected chi connectivity index (χ2v) is 3.54. The molecule has 1 N–H and O–H groups in total. The van der Waals surface area contributed by atoms with Crippen LogP contribution >= 0.6 is 0 Å². The van der Waals surface area contributed by atoms with Crippen LogP contribution in [0.3, 0.4) is 0 Å². The Morgan fingerprint density at radius 1 is 1.28 bits per heavy atom. The molecule has 0 radical (unpaired) electrons. The van der Waals surface area contributed by atoms with Gasteiger partial charge in [0.25, 0.3) is 5.69 Å². The summed E-state index contributed by atoms with van der Waals surface area (Å²) in [6.45, 7) is 0. The molecule has 0 spiro atoms. The van der Waals surface area contributed by atoms with Gasteiger partial charge in [-0.3, -0.25) is 15.1 Å². The lowest BCUT2D eigenvalue weighted by Gasteiger charge is -2.03. The summed E-state index contributed by atoms with van der Waals surface area (Å²) in [6.07, 6.45) is 3.15. The molecule has 90 valence electrons. The Bertz CT molecular complexity index is 611. The Labute approximate surface area is 102 Å². The third-order valence-electron chi connectivity index (χ3n) is 2.42. The van der Waals surface area contributed by atoms with E-state index in [0.29, 0.717) is 11.1 Å². The van der Waals surface area contributed by atoms with Crippen LogP contribution in [0, 0.1) is 10.1 Å². The van der Waals surface area contributed by atoms with E-state index >= 15 is 0 Å². The zero-order chi connectivity index (χ0) is 13.1. The smallest absolute Gasteiger partial charge is 0.342 e. The minimum absolute atomic E-state index is 0.332. The van der Waals surface area contributed by atoms with E-state index < -0.39 is 16.6 Å². The Morgan fingerprint density at radius 3 is 2.61 bits per heavy atom. The molecule has 0 fully saturated rings. The molecule has 0 bridgehead atoms. The first-order chi connectivity index (χ1) is 8.59. The molecule has 1 aromatic carbocycles. The standard InChI is InChI=1S/C12H8N2O4/c15-12(16)10-6-8(3-4-11(10)14(17)18)9-2-1-5-13-7-9/h1-7H,(H,15,16). The lowest BCUT2D eigenvalue weighted by molar-refractivity contribution is -0.385. The summed E-state index contributed by atoms with van der Waals surface area (Å²) in [6, 6.07) is 7.42. The Balaban J connectivity index is 2.57. The second-order valence-electron chi connectivity index (χ2n) is 3.54. The van der Waals surface area contributed by atoms with Crippen molar-refractivity contribution in [1.82, 2.24) is 4.98 Å². The number of pyridine rings is 1. The fourth-order valence-electron chi connectivity index (χ4n) is 1.58. The van der Waals surface area contributed by atoms with Crippen LogP contribution in [0.15, 0.2) is 42.7 Å². The molecule has 0 aliphatic rings. The molecule has 1 aromatic heterocycles. The number of aromatic carboxylic acids is 1. The normalized spacial score (nSPS) is 10.0. The zero-order valence-corrected chi connectivity index (χ0v) is 9.11. The number of nitro groups is 1. The topological polar surface area (TPSA) is 93.3 Å².